The highest BCUT2D eigenvalue weighted by atomic mass is 16.4. The van der Waals surface area contributed by atoms with Crippen LogP contribution in [0, 0.1) is 0 Å². The molecule has 7 heteroatoms. The Bertz CT molecular complexity index is 452. The van der Waals surface area contributed by atoms with Gasteiger partial charge in [-0.3, -0.25) is 0 Å². The minimum Gasteiger partial charge on any atom is -0.480 e. The number of aryl methyl sites for hydroxylation is 1. The predicted octanol–water partition coefficient (Wildman–Crippen LogP) is 0.970. The molecule has 2 rings (SSSR count). The van der Waals surface area contributed by atoms with Gasteiger partial charge in [0.1, 0.15) is 5.54 Å². The van der Waals surface area contributed by atoms with Crippen molar-refractivity contribution in [1.29, 1.82) is 0 Å². The van der Waals surface area contributed by atoms with E-state index in [0.717, 1.165) is 25.8 Å². The van der Waals surface area contributed by atoms with Crippen LogP contribution in [0.2, 0.25) is 0 Å². The van der Waals surface area contributed by atoms with Gasteiger partial charge in [0.25, 0.3) is 0 Å². The van der Waals surface area contributed by atoms with E-state index < -0.39 is 17.5 Å². The molecule has 0 bridgehead atoms. The molecule has 1 saturated carbocycles. The maximum atomic E-state index is 11.8. The zero-order chi connectivity index (χ0) is 14.4. The maximum Gasteiger partial charge on any atom is 0.329 e. The van der Waals surface area contributed by atoms with E-state index in [1.54, 1.807) is 12.5 Å². The van der Waals surface area contributed by atoms with Gasteiger partial charge in [0.05, 0.1) is 6.33 Å². The van der Waals surface area contributed by atoms with Crippen LogP contribution >= 0.6 is 0 Å². The van der Waals surface area contributed by atoms with E-state index in [9.17, 15) is 14.7 Å². The first-order valence-electron chi connectivity index (χ1n) is 6.87. The maximum absolute atomic E-state index is 11.8. The third kappa shape index (κ3) is 3.49. The number of hydrogen-bond donors (Lipinski definition) is 3. The van der Waals surface area contributed by atoms with Crippen molar-refractivity contribution in [2.24, 2.45) is 0 Å². The number of nitrogens with one attached hydrogen (secondary N) is 2. The van der Waals surface area contributed by atoms with Gasteiger partial charge in [-0.15, -0.1) is 0 Å². The summed E-state index contributed by atoms with van der Waals surface area (Å²) in [7, 11) is 0. The van der Waals surface area contributed by atoms with Crippen LogP contribution in [0.25, 0.3) is 0 Å². The summed E-state index contributed by atoms with van der Waals surface area (Å²) in [6, 6.07) is -0.403. The Morgan fingerprint density at radius 1 is 1.35 bits per heavy atom. The van der Waals surface area contributed by atoms with Crippen molar-refractivity contribution in [1.82, 2.24) is 20.2 Å². The lowest BCUT2D eigenvalue weighted by atomic mass is 9.98. The first kappa shape index (κ1) is 14.4. The molecule has 0 unspecified atom stereocenters. The third-order valence-electron chi connectivity index (χ3n) is 3.66. The fraction of sp³-hybridized carbons (Fsp3) is 0.615. The molecule has 0 atom stereocenters. The van der Waals surface area contributed by atoms with Gasteiger partial charge in [0.2, 0.25) is 0 Å². The van der Waals surface area contributed by atoms with Crippen LogP contribution in [0.4, 0.5) is 4.79 Å². The number of carboxylic acids is 1. The number of amides is 2. The lowest BCUT2D eigenvalue weighted by molar-refractivity contribution is -0.144. The summed E-state index contributed by atoms with van der Waals surface area (Å²) in [5.74, 6) is -0.941. The number of carbonyl (C=O) groups excluding carboxylic acids is 1. The molecule has 3 N–H and O–H groups in total. The standard InChI is InChI=1S/C13H20N4O3/c18-11(19)13(4-1-2-5-13)16-12(20)15-6-3-8-17-9-7-14-10-17/h7,9-10H,1-6,8H2,(H,18,19)(H2,15,16,20). The summed E-state index contributed by atoms with van der Waals surface area (Å²) < 4.78 is 1.93. The van der Waals surface area contributed by atoms with E-state index in [4.69, 9.17) is 0 Å². The molecule has 0 aromatic carbocycles. The Hall–Kier alpha value is -2.05. The fourth-order valence-electron chi connectivity index (χ4n) is 2.51. The first-order valence-corrected chi connectivity index (χ1v) is 6.87. The van der Waals surface area contributed by atoms with Crippen molar-refractivity contribution < 1.29 is 14.7 Å². The highest BCUT2D eigenvalue weighted by Gasteiger charge is 2.42. The third-order valence-corrected chi connectivity index (χ3v) is 3.66. The minimum absolute atomic E-state index is 0.403. The van der Waals surface area contributed by atoms with Crippen LogP contribution in [0.15, 0.2) is 18.7 Å². The average molecular weight is 280 g/mol. The van der Waals surface area contributed by atoms with E-state index in [1.807, 2.05) is 10.8 Å². The lowest BCUT2D eigenvalue weighted by Gasteiger charge is -2.25. The number of urea groups is 1. The van der Waals surface area contributed by atoms with Gasteiger partial charge in [-0.2, -0.15) is 0 Å². The lowest BCUT2D eigenvalue weighted by Crippen LogP contribution is -2.55. The number of aliphatic carboxylic acids is 1. The van der Waals surface area contributed by atoms with E-state index in [1.165, 1.54) is 0 Å². The predicted molar refractivity (Wildman–Crippen MR) is 72.2 cm³/mol. The van der Waals surface area contributed by atoms with Gasteiger partial charge in [0, 0.05) is 25.5 Å². The Morgan fingerprint density at radius 2 is 2.10 bits per heavy atom. The summed E-state index contributed by atoms with van der Waals surface area (Å²) >= 11 is 0. The smallest absolute Gasteiger partial charge is 0.329 e. The molecule has 1 heterocycles. The van der Waals surface area contributed by atoms with Crippen molar-refractivity contribution in [2.45, 2.75) is 44.2 Å². The number of aromatic nitrogens is 2. The van der Waals surface area contributed by atoms with Crippen LogP contribution in [-0.4, -0.2) is 38.7 Å². The highest BCUT2D eigenvalue weighted by molar-refractivity contribution is 5.86. The largest absolute Gasteiger partial charge is 0.480 e. The molecule has 1 aromatic heterocycles. The molecule has 1 aliphatic rings. The fourth-order valence-corrected chi connectivity index (χ4v) is 2.51. The molecular weight excluding hydrogens is 260 g/mol. The minimum atomic E-state index is -1.07. The number of hydrogen-bond acceptors (Lipinski definition) is 3. The SMILES string of the molecule is O=C(NCCCn1ccnc1)NC1(C(=O)O)CCCC1. The average Bonchev–Trinajstić information content (AvgIpc) is 3.06. The molecule has 0 spiro atoms. The van der Waals surface area contributed by atoms with E-state index >= 15 is 0 Å². The number of carboxylic acid groups (broad SMARTS) is 1. The molecular formula is C13H20N4O3. The van der Waals surface area contributed by atoms with Crippen molar-refractivity contribution in [2.75, 3.05) is 6.54 Å². The van der Waals surface area contributed by atoms with Crippen LogP contribution in [0.3, 0.4) is 0 Å². The van der Waals surface area contributed by atoms with E-state index in [0.29, 0.717) is 19.4 Å². The molecule has 0 saturated heterocycles. The molecule has 110 valence electrons. The van der Waals surface area contributed by atoms with E-state index in [-0.39, 0.29) is 0 Å². The summed E-state index contributed by atoms with van der Waals surface area (Å²) in [6.45, 7) is 1.27. The van der Waals surface area contributed by atoms with Gasteiger partial charge in [-0.05, 0) is 19.3 Å². The van der Waals surface area contributed by atoms with Crippen LogP contribution in [-0.2, 0) is 11.3 Å². The van der Waals surface area contributed by atoms with Crippen LogP contribution < -0.4 is 10.6 Å². The number of imidazole rings is 1. The Kier molecular flexibility index (Phi) is 4.60. The second kappa shape index (κ2) is 6.40. The second-order valence-corrected chi connectivity index (χ2v) is 5.13. The number of nitrogens with zero attached hydrogens (tertiary/aromatic N) is 2. The Labute approximate surface area is 117 Å². The molecule has 1 aromatic rings. The van der Waals surface area contributed by atoms with Crippen LogP contribution in [0.1, 0.15) is 32.1 Å². The van der Waals surface area contributed by atoms with E-state index in [2.05, 4.69) is 15.6 Å². The van der Waals surface area contributed by atoms with Crippen molar-refractivity contribution in [3.8, 4) is 0 Å². The molecule has 7 nitrogen and oxygen atoms in total. The van der Waals surface area contributed by atoms with Gasteiger partial charge >= 0.3 is 12.0 Å². The monoisotopic (exact) mass is 280 g/mol. The molecule has 1 aliphatic carbocycles. The van der Waals surface area contributed by atoms with Crippen molar-refractivity contribution in [3.63, 3.8) is 0 Å². The quantitative estimate of drug-likeness (QED) is 0.676. The summed E-state index contributed by atoms with van der Waals surface area (Å²) in [6.07, 6.45) is 8.74. The number of rotatable bonds is 6. The Morgan fingerprint density at radius 3 is 2.70 bits per heavy atom. The van der Waals surface area contributed by atoms with Gasteiger partial charge in [0.15, 0.2) is 0 Å². The zero-order valence-electron chi connectivity index (χ0n) is 11.3. The van der Waals surface area contributed by atoms with Gasteiger partial charge < -0.3 is 20.3 Å². The number of carbonyl (C=O) groups is 2. The summed E-state index contributed by atoms with van der Waals surface area (Å²) in [5, 5.41) is 14.6. The molecule has 1 fully saturated rings. The Balaban J connectivity index is 1.70. The summed E-state index contributed by atoms with van der Waals surface area (Å²) in [4.78, 5) is 27.0. The van der Waals surface area contributed by atoms with Gasteiger partial charge in [-0.25, -0.2) is 14.6 Å². The summed E-state index contributed by atoms with van der Waals surface area (Å²) in [5.41, 5.74) is -1.07. The topological polar surface area (TPSA) is 96.3 Å². The highest BCUT2D eigenvalue weighted by Crippen LogP contribution is 2.29. The first-order chi connectivity index (χ1) is 9.62. The molecule has 2 amide bonds. The normalized spacial score (nSPS) is 16.8. The molecule has 0 radical (unpaired) electrons. The zero-order valence-corrected chi connectivity index (χ0v) is 11.3. The van der Waals surface area contributed by atoms with Crippen LogP contribution in [0.5, 0.6) is 0 Å². The van der Waals surface area contributed by atoms with Gasteiger partial charge in [-0.1, -0.05) is 12.8 Å². The van der Waals surface area contributed by atoms with Crippen molar-refractivity contribution >= 4 is 12.0 Å². The molecule has 0 aliphatic heterocycles. The van der Waals surface area contributed by atoms with Crippen molar-refractivity contribution in [3.05, 3.63) is 18.7 Å². The second-order valence-electron chi connectivity index (χ2n) is 5.13. The molecule has 20 heavy (non-hydrogen) atoms.